The van der Waals surface area contributed by atoms with E-state index in [0.29, 0.717) is 11.8 Å². The van der Waals surface area contributed by atoms with E-state index in [2.05, 4.69) is 229 Å². The van der Waals surface area contributed by atoms with Crippen molar-refractivity contribution in [2.45, 2.75) is 86.9 Å². The number of anilines is 3. The molecule has 2 aliphatic heterocycles. The SMILES string of the molecule is c1ccc(-c2ccccc2N(c2ccc3c(c2)C2(c4ccccc4O3)c3ccccc3-c3ccccc32)c2ccc3c(c2)C2(c4cc(C5CCCCC5)ccc4Oc4ccc(C5CCCCC5)cc42)c2ccccc2-3)cc1. The van der Waals surface area contributed by atoms with Crippen molar-refractivity contribution >= 4 is 17.1 Å². The molecular formula is C74H59NO2. The van der Waals surface area contributed by atoms with E-state index in [1.807, 2.05) is 0 Å². The summed E-state index contributed by atoms with van der Waals surface area (Å²) >= 11 is 0. The largest absolute Gasteiger partial charge is 0.457 e. The van der Waals surface area contributed by atoms with Gasteiger partial charge in [-0.05, 0) is 153 Å². The van der Waals surface area contributed by atoms with Gasteiger partial charge in [0.05, 0.1) is 16.5 Å². The van der Waals surface area contributed by atoms with Crippen molar-refractivity contribution < 1.29 is 9.47 Å². The number of nitrogens with zero attached hydrogens (tertiary/aromatic N) is 1. The molecule has 3 heteroatoms. The topological polar surface area (TPSA) is 21.7 Å². The van der Waals surface area contributed by atoms with Crippen molar-refractivity contribution in [2.75, 3.05) is 4.90 Å². The van der Waals surface area contributed by atoms with Gasteiger partial charge in [-0.1, -0.05) is 208 Å². The summed E-state index contributed by atoms with van der Waals surface area (Å²) < 4.78 is 14.3. The zero-order valence-corrected chi connectivity index (χ0v) is 43.4. The first-order chi connectivity index (χ1) is 38.2. The maximum absolute atomic E-state index is 7.21. The van der Waals surface area contributed by atoms with Crippen LogP contribution in [0.1, 0.15) is 132 Å². The summed E-state index contributed by atoms with van der Waals surface area (Å²) in [5, 5.41) is 0. The molecular weight excluding hydrogens is 935 g/mol. The maximum Gasteiger partial charge on any atom is 0.132 e. The Morgan fingerprint density at radius 3 is 1.27 bits per heavy atom. The van der Waals surface area contributed by atoms with Gasteiger partial charge in [0.1, 0.15) is 23.0 Å². The summed E-state index contributed by atoms with van der Waals surface area (Å²) in [5.41, 5.74) is 22.3. The molecule has 6 aliphatic rings. The lowest BCUT2D eigenvalue weighted by Gasteiger charge is -2.41. The van der Waals surface area contributed by atoms with Gasteiger partial charge in [-0.15, -0.1) is 0 Å². The third-order valence-electron chi connectivity index (χ3n) is 18.8. The number of rotatable bonds is 6. The van der Waals surface area contributed by atoms with E-state index in [4.69, 9.17) is 9.47 Å². The van der Waals surface area contributed by atoms with Crippen LogP contribution in [0.2, 0.25) is 0 Å². The lowest BCUT2D eigenvalue weighted by Crippen LogP contribution is -2.33. The van der Waals surface area contributed by atoms with E-state index < -0.39 is 10.8 Å². The van der Waals surface area contributed by atoms with Crippen molar-refractivity contribution in [1.29, 1.82) is 0 Å². The Morgan fingerprint density at radius 2 is 0.701 bits per heavy atom. The number of para-hydroxylation sites is 2. The fourth-order valence-corrected chi connectivity index (χ4v) is 15.4. The second-order valence-corrected chi connectivity index (χ2v) is 22.6. The Labute approximate surface area is 452 Å². The molecule has 10 aromatic carbocycles. The highest BCUT2D eigenvalue weighted by molar-refractivity contribution is 5.95. The number of hydrogen-bond donors (Lipinski definition) is 0. The molecule has 0 atom stereocenters. The molecule has 0 aromatic heterocycles. The van der Waals surface area contributed by atoms with Crippen LogP contribution in [-0.2, 0) is 10.8 Å². The molecule has 77 heavy (non-hydrogen) atoms. The normalized spacial score (nSPS) is 16.9. The van der Waals surface area contributed by atoms with Gasteiger partial charge in [0.15, 0.2) is 0 Å². The van der Waals surface area contributed by atoms with Gasteiger partial charge in [-0.25, -0.2) is 0 Å². The summed E-state index contributed by atoms with van der Waals surface area (Å²) in [5.74, 6) is 4.76. The molecule has 0 saturated heterocycles. The van der Waals surface area contributed by atoms with E-state index >= 15 is 0 Å². The number of fused-ring (bicyclic) bond motifs is 18. The molecule has 0 amide bonds. The van der Waals surface area contributed by atoms with Crippen molar-refractivity contribution in [3.8, 4) is 56.4 Å². The number of hydrogen-bond acceptors (Lipinski definition) is 3. The maximum atomic E-state index is 7.21. The van der Waals surface area contributed by atoms with E-state index in [0.717, 1.165) is 56.8 Å². The van der Waals surface area contributed by atoms with Crippen LogP contribution in [0.5, 0.6) is 23.0 Å². The monoisotopic (exact) mass is 993 g/mol. The minimum absolute atomic E-state index is 0.538. The summed E-state index contributed by atoms with van der Waals surface area (Å²) in [6, 6.07) is 84.9. The average molecular weight is 994 g/mol. The van der Waals surface area contributed by atoms with E-state index in [9.17, 15) is 0 Å². The first-order valence-electron chi connectivity index (χ1n) is 28.4. The molecule has 2 spiro atoms. The van der Waals surface area contributed by atoms with Crippen LogP contribution >= 0.6 is 0 Å². The third kappa shape index (κ3) is 6.56. The van der Waals surface area contributed by atoms with Gasteiger partial charge in [0.2, 0.25) is 0 Å². The van der Waals surface area contributed by atoms with Crippen LogP contribution in [0.25, 0.3) is 33.4 Å². The van der Waals surface area contributed by atoms with Crippen LogP contribution < -0.4 is 14.4 Å². The van der Waals surface area contributed by atoms with Crippen molar-refractivity contribution in [1.82, 2.24) is 0 Å². The van der Waals surface area contributed by atoms with Crippen molar-refractivity contribution in [3.05, 3.63) is 280 Å². The molecule has 0 N–H and O–H groups in total. The standard InChI is InChI=1S/C74H59NO2/c1-4-20-48(21-5-1)51-36-41-70-65(44-51)74(66-45-52(37-42-71(66)77-70)49-22-6-2-7-23-49)62-32-16-12-29-58(62)59-40-38-53(46-64(59)74)75(68-34-18-13-26-55(68)50-24-8-3-9-25-50)54-39-43-72-67(47-54)73(63-33-17-19-35-69(63)76-72)60-30-14-10-27-56(60)57-28-11-15-31-61(57)73/h3,8-19,24-49H,1-2,4-7,20-23H2. The molecule has 2 fully saturated rings. The fourth-order valence-electron chi connectivity index (χ4n) is 15.4. The predicted octanol–water partition coefficient (Wildman–Crippen LogP) is 19.9. The Kier molecular flexibility index (Phi) is 10.2. The predicted molar refractivity (Wildman–Crippen MR) is 313 cm³/mol. The molecule has 2 saturated carbocycles. The quantitative estimate of drug-likeness (QED) is 0.166. The molecule has 0 bridgehead atoms. The van der Waals surface area contributed by atoms with Crippen molar-refractivity contribution in [3.63, 3.8) is 0 Å². The highest BCUT2D eigenvalue weighted by Gasteiger charge is 2.53. The molecule has 0 unspecified atom stereocenters. The second-order valence-electron chi connectivity index (χ2n) is 22.6. The Bertz CT molecular complexity index is 3870. The second kappa shape index (κ2) is 17.6. The van der Waals surface area contributed by atoms with E-state index in [1.165, 1.54) is 137 Å². The number of benzene rings is 10. The molecule has 10 aromatic rings. The van der Waals surface area contributed by atoms with Gasteiger partial charge in [-0.2, -0.15) is 0 Å². The summed E-state index contributed by atoms with van der Waals surface area (Å²) in [4.78, 5) is 2.54. The number of ether oxygens (including phenoxy) is 2. The van der Waals surface area contributed by atoms with Gasteiger partial charge in [-0.3, -0.25) is 0 Å². The minimum atomic E-state index is -0.639. The molecule has 16 rings (SSSR count). The molecule has 2 heterocycles. The summed E-state index contributed by atoms with van der Waals surface area (Å²) in [6.07, 6.45) is 12.7. The van der Waals surface area contributed by atoms with E-state index in [1.54, 1.807) is 0 Å². The zero-order valence-electron chi connectivity index (χ0n) is 43.4. The van der Waals surface area contributed by atoms with Crippen LogP contribution in [0.15, 0.2) is 224 Å². The first kappa shape index (κ1) is 44.9. The summed E-state index contributed by atoms with van der Waals surface area (Å²) in [6.45, 7) is 0. The lowest BCUT2D eigenvalue weighted by molar-refractivity contribution is 0.424. The Morgan fingerprint density at radius 1 is 0.299 bits per heavy atom. The van der Waals surface area contributed by atoms with Crippen molar-refractivity contribution in [2.24, 2.45) is 0 Å². The smallest absolute Gasteiger partial charge is 0.132 e. The highest BCUT2D eigenvalue weighted by Crippen LogP contribution is 2.66. The van der Waals surface area contributed by atoms with Gasteiger partial charge >= 0.3 is 0 Å². The molecule has 372 valence electrons. The molecule has 4 aliphatic carbocycles. The zero-order chi connectivity index (χ0) is 50.7. The molecule has 0 radical (unpaired) electrons. The van der Waals surface area contributed by atoms with Crippen LogP contribution in [-0.4, -0.2) is 0 Å². The van der Waals surface area contributed by atoms with Gasteiger partial charge < -0.3 is 14.4 Å². The molecule has 3 nitrogen and oxygen atoms in total. The van der Waals surface area contributed by atoms with E-state index in [-0.39, 0.29) is 0 Å². The minimum Gasteiger partial charge on any atom is -0.457 e. The third-order valence-corrected chi connectivity index (χ3v) is 18.8. The summed E-state index contributed by atoms with van der Waals surface area (Å²) in [7, 11) is 0. The first-order valence-corrected chi connectivity index (χ1v) is 28.4. The Hall–Kier alpha value is -8.40. The van der Waals surface area contributed by atoms with Crippen LogP contribution in [0.4, 0.5) is 17.1 Å². The highest BCUT2D eigenvalue weighted by atomic mass is 16.5. The Balaban J connectivity index is 0.975. The average Bonchev–Trinajstić information content (AvgIpc) is 4.19. The van der Waals surface area contributed by atoms with Gasteiger partial charge in [0.25, 0.3) is 0 Å². The fraction of sp³-hybridized carbons (Fsp3) is 0.189. The van der Waals surface area contributed by atoms with Crippen LogP contribution in [0.3, 0.4) is 0 Å². The lowest BCUT2D eigenvalue weighted by atomic mass is 9.64. The van der Waals surface area contributed by atoms with Crippen LogP contribution in [0, 0.1) is 0 Å². The van der Waals surface area contributed by atoms with Gasteiger partial charge in [0, 0.05) is 39.2 Å².